The quantitative estimate of drug-likeness (QED) is 0.768. The topological polar surface area (TPSA) is 43.4 Å². The fourth-order valence-electron chi connectivity index (χ4n) is 1.13. The minimum Gasteiger partial charge on any atom is -0.491 e. The highest BCUT2D eigenvalue weighted by Gasteiger charge is 2.28. The Morgan fingerprint density at radius 2 is 1.82 bits per heavy atom. The van der Waals surface area contributed by atoms with Crippen LogP contribution in [0, 0.1) is 3.57 Å². The minimum atomic E-state index is -3.11. The van der Waals surface area contributed by atoms with E-state index in [-0.39, 0.29) is 12.4 Å². The summed E-state index contributed by atoms with van der Waals surface area (Å²) in [6, 6.07) is 7.55. The van der Waals surface area contributed by atoms with E-state index in [1.165, 1.54) is 0 Å². The summed E-state index contributed by atoms with van der Waals surface area (Å²) in [6.07, 6.45) is 0. The maximum atomic E-state index is 11.8. The maximum absolute atomic E-state index is 11.8. The van der Waals surface area contributed by atoms with Crippen molar-refractivity contribution in [2.45, 2.75) is 25.5 Å². The van der Waals surface area contributed by atoms with E-state index in [9.17, 15) is 8.42 Å². The smallest absolute Gasteiger partial charge is 0.158 e. The fourth-order valence-corrected chi connectivity index (χ4v) is 2.59. The van der Waals surface area contributed by atoms with Gasteiger partial charge >= 0.3 is 0 Å². The second-order valence-corrected chi connectivity index (χ2v) is 8.73. The number of benzene rings is 1. The van der Waals surface area contributed by atoms with Gasteiger partial charge in [0.2, 0.25) is 0 Å². The predicted molar refractivity (Wildman–Crippen MR) is 78.2 cm³/mol. The van der Waals surface area contributed by atoms with E-state index in [2.05, 4.69) is 22.6 Å². The van der Waals surface area contributed by atoms with Gasteiger partial charge in [0, 0.05) is 0 Å². The first kappa shape index (κ1) is 14.8. The lowest BCUT2D eigenvalue weighted by Gasteiger charge is -2.19. The van der Waals surface area contributed by atoms with Gasteiger partial charge in [0.05, 0.1) is 14.1 Å². The van der Waals surface area contributed by atoms with E-state index >= 15 is 0 Å². The molecule has 0 unspecified atom stereocenters. The average Bonchev–Trinajstić information content (AvgIpc) is 2.19. The molecule has 5 heteroatoms. The third kappa shape index (κ3) is 4.13. The average molecular weight is 368 g/mol. The number of rotatable bonds is 4. The summed E-state index contributed by atoms with van der Waals surface area (Å²) in [5, 5.41) is 0. The fraction of sp³-hybridized carbons (Fsp3) is 0.500. The number of hydrogen-bond donors (Lipinski definition) is 0. The zero-order valence-electron chi connectivity index (χ0n) is 10.2. The number of sulfone groups is 1. The molecule has 1 aromatic carbocycles. The van der Waals surface area contributed by atoms with Crippen LogP contribution in [0.4, 0.5) is 0 Å². The van der Waals surface area contributed by atoms with Gasteiger partial charge in [0.25, 0.3) is 0 Å². The maximum Gasteiger partial charge on any atom is 0.158 e. The molecule has 17 heavy (non-hydrogen) atoms. The van der Waals surface area contributed by atoms with E-state index < -0.39 is 14.6 Å². The van der Waals surface area contributed by atoms with Crippen molar-refractivity contribution in [3.63, 3.8) is 0 Å². The molecule has 0 aromatic heterocycles. The molecule has 0 radical (unpaired) electrons. The van der Waals surface area contributed by atoms with Crippen LogP contribution in [0.2, 0.25) is 0 Å². The number of para-hydroxylation sites is 1. The van der Waals surface area contributed by atoms with E-state index in [0.717, 1.165) is 9.32 Å². The summed E-state index contributed by atoms with van der Waals surface area (Å²) in [5.41, 5.74) is 0. The number of hydrogen-bond acceptors (Lipinski definition) is 3. The zero-order valence-corrected chi connectivity index (χ0v) is 13.2. The third-order valence-corrected chi connectivity index (χ3v) is 5.84. The molecule has 0 N–H and O–H groups in total. The van der Waals surface area contributed by atoms with Crippen LogP contribution < -0.4 is 4.74 Å². The van der Waals surface area contributed by atoms with Gasteiger partial charge in [-0.25, -0.2) is 8.42 Å². The summed E-state index contributed by atoms with van der Waals surface area (Å²) in [4.78, 5) is 0. The van der Waals surface area contributed by atoms with E-state index in [0.29, 0.717) is 0 Å². The lowest BCUT2D eigenvalue weighted by atomic mass is 10.3. The molecule has 0 aliphatic carbocycles. The van der Waals surface area contributed by atoms with Gasteiger partial charge < -0.3 is 4.74 Å². The molecule has 0 bridgehead atoms. The Hall–Kier alpha value is -0.300. The van der Waals surface area contributed by atoms with Gasteiger partial charge in [0.1, 0.15) is 12.4 Å². The van der Waals surface area contributed by atoms with Crippen molar-refractivity contribution in [1.29, 1.82) is 0 Å². The molecule has 0 aliphatic heterocycles. The second-order valence-electron chi connectivity index (χ2n) is 4.71. The van der Waals surface area contributed by atoms with Crippen molar-refractivity contribution in [2.75, 3.05) is 12.4 Å². The molecule has 0 heterocycles. The summed E-state index contributed by atoms with van der Waals surface area (Å²) >= 11 is 2.16. The molecular formula is C12H17IO3S. The summed E-state index contributed by atoms with van der Waals surface area (Å²) in [5.74, 6) is 0.777. The van der Waals surface area contributed by atoms with Crippen molar-refractivity contribution in [1.82, 2.24) is 0 Å². The third-order valence-electron chi connectivity index (χ3n) is 2.38. The molecular weight excluding hydrogens is 351 g/mol. The SMILES string of the molecule is CC(C)(C)S(=O)(=O)CCOc1ccccc1I. The first-order valence-corrected chi connectivity index (χ1v) is 8.07. The molecule has 0 atom stereocenters. The molecule has 3 nitrogen and oxygen atoms in total. The van der Waals surface area contributed by atoms with E-state index in [1.807, 2.05) is 24.3 Å². The van der Waals surface area contributed by atoms with Crippen molar-refractivity contribution in [3.8, 4) is 5.75 Å². The van der Waals surface area contributed by atoms with Crippen LogP contribution in [0.3, 0.4) is 0 Å². The molecule has 0 amide bonds. The van der Waals surface area contributed by atoms with Gasteiger partial charge in [0.15, 0.2) is 9.84 Å². The van der Waals surface area contributed by atoms with Gasteiger partial charge in [-0.05, 0) is 55.5 Å². The Labute approximate surface area is 117 Å². The molecule has 0 aliphatic rings. The highest BCUT2D eigenvalue weighted by atomic mass is 127. The molecule has 96 valence electrons. The van der Waals surface area contributed by atoms with Gasteiger partial charge in [-0.2, -0.15) is 0 Å². The van der Waals surface area contributed by atoms with Crippen LogP contribution in [0.5, 0.6) is 5.75 Å². The summed E-state index contributed by atoms with van der Waals surface area (Å²) < 4.78 is 29.4. The van der Waals surface area contributed by atoms with Crippen molar-refractivity contribution >= 4 is 32.4 Å². The van der Waals surface area contributed by atoms with Crippen LogP contribution in [0.25, 0.3) is 0 Å². The Morgan fingerprint density at radius 3 is 2.35 bits per heavy atom. The molecule has 0 saturated heterocycles. The van der Waals surface area contributed by atoms with Crippen LogP contribution in [-0.4, -0.2) is 25.5 Å². The van der Waals surface area contributed by atoms with Crippen molar-refractivity contribution in [3.05, 3.63) is 27.8 Å². The Bertz CT molecular complexity index is 475. The molecule has 0 spiro atoms. The molecule has 0 saturated carbocycles. The summed E-state index contributed by atoms with van der Waals surface area (Å²) in [7, 11) is -3.11. The second kappa shape index (κ2) is 5.56. The Morgan fingerprint density at radius 1 is 1.24 bits per heavy atom. The number of ether oxygens (including phenoxy) is 1. The van der Waals surface area contributed by atoms with E-state index in [1.54, 1.807) is 20.8 Å². The monoisotopic (exact) mass is 368 g/mol. The normalized spacial score (nSPS) is 12.5. The van der Waals surface area contributed by atoms with Crippen LogP contribution >= 0.6 is 22.6 Å². The zero-order chi connectivity index (χ0) is 13.1. The lowest BCUT2D eigenvalue weighted by Crippen LogP contribution is -2.32. The van der Waals surface area contributed by atoms with Crippen LogP contribution in [-0.2, 0) is 9.84 Å². The molecule has 0 fully saturated rings. The van der Waals surface area contributed by atoms with Gasteiger partial charge in [-0.15, -0.1) is 0 Å². The first-order chi connectivity index (χ1) is 7.74. The van der Waals surface area contributed by atoms with Crippen molar-refractivity contribution < 1.29 is 13.2 Å². The molecule has 1 aromatic rings. The van der Waals surface area contributed by atoms with E-state index in [4.69, 9.17) is 4.74 Å². The standard InChI is InChI=1S/C12H17IO3S/c1-12(2,3)17(14,15)9-8-16-11-7-5-4-6-10(11)13/h4-7H,8-9H2,1-3H3. The summed E-state index contributed by atoms with van der Waals surface area (Å²) in [6.45, 7) is 5.30. The van der Waals surface area contributed by atoms with Crippen LogP contribution in [0.15, 0.2) is 24.3 Å². The lowest BCUT2D eigenvalue weighted by molar-refractivity contribution is 0.337. The van der Waals surface area contributed by atoms with Gasteiger partial charge in [-0.3, -0.25) is 0 Å². The largest absolute Gasteiger partial charge is 0.491 e. The predicted octanol–water partition coefficient (Wildman–Crippen LogP) is 2.88. The number of halogens is 1. The van der Waals surface area contributed by atoms with Gasteiger partial charge in [-0.1, -0.05) is 12.1 Å². The van der Waals surface area contributed by atoms with Crippen molar-refractivity contribution in [2.24, 2.45) is 0 Å². The minimum absolute atomic E-state index is 0.0431. The molecule has 1 rings (SSSR count). The highest BCUT2D eigenvalue weighted by molar-refractivity contribution is 14.1. The Kier molecular flexibility index (Phi) is 4.83. The Balaban J connectivity index is 2.58. The highest BCUT2D eigenvalue weighted by Crippen LogP contribution is 2.20. The first-order valence-electron chi connectivity index (χ1n) is 5.34. The van der Waals surface area contributed by atoms with Crippen LogP contribution in [0.1, 0.15) is 20.8 Å².